The van der Waals surface area contributed by atoms with Gasteiger partial charge in [0.1, 0.15) is 11.6 Å². The van der Waals surface area contributed by atoms with Crippen LogP contribution in [0.3, 0.4) is 0 Å². The number of hydrogen-bond donors (Lipinski definition) is 1. The number of benzene rings is 1. The lowest BCUT2D eigenvalue weighted by Crippen LogP contribution is -2.53. The molecule has 1 radical (unpaired) electrons. The van der Waals surface area contributed by atoms with Crippen molar-refractivity contribution in [2.24, 2.45) is 5.41 Å². The lowest BCUT2D eigenvalue weighted by Gasteiger charge is -2.47. The summed E-state index contributed by atoms with van der Waals surface area (Å²) in [4.78, 5) is 13.4. The van der Waals surface area contributed by atoms with Crippen LogP contribution in [0.2, 0.25) is 11.6 Å². The van der Waals surface area contributed by atoms with Gasteiger partial charge >= 0.3 is 6.09 Å². The number of hydrogen-bond acceptors (Lipinski definition) is 2. The number of halogens is 2. The number of likely N-dealkylation sites (tertiary alicyclic amines) is 1. The van der Waals surface area contributed by atoms with E-state index in [2.05, 4.69) is 27.3 Å². The molecule has 4 nitrogen and oxygen atoms in total. The molecule has 1 aliphatic rings. The molecule has 2 atom stereocenters. The largest absolute Gasteiger partial charge is 0.465 e. The third kappa shape index (κ3) is 4.04. The van der Waals surface area contributed by atoms with Gasteiger partial charge in [-0.25, -0.2) is 13.6 Å². The lowest BCUT2D eigenvalue weighted by atomic mass is 9.67. The molecular weight excluding hydrogens is 368 g/mol. The van der Waals surface area contributed by atoms with E-state index in [0.717, 1.165) is 18.2 Å². The van der Waals surface area contributed by atoms with E-state index >= 15 is 0 Å². The number of carboxylic acid groups (broad SMARTS) is 1. The Morgan fingerprint density at radius 2 is 1.85 bits per heavy atom. The Morgan fingerprint density at radius 3 is 2.33 bits per heavy atom. The second-order valence-corrected chi connectivity index (χ2v) is 12.2. The summed E-state index contributed by atoms with van der Waals surface area (Å²) in [5.74, 6) is -1.18. The van der Waals surface area contributed by atoms with Crippen molar-refractivity contribution < 1.29 is 23.1 Å². The van der Waals surface area contributed by atoms with Crippen LogP contribution in [0.15, 0.2) is 18.2 Å². The highest BCUT2D eigenvalue weighted by atomic mass is 28.3. The Hall–Kier alpha value is -1.47. The molecule has 1 heterocycles. The monoisotopic (exact) mass is 398 g/mol. The minimum absolute atomic E-state index is 0.0180. The van der Waals surface area contributed by atoms with E-state index in [1.54, 1.807) is 0 Å². The van der Waals surface area contributed by atoms with Crippen LogP contribution in [-0.2, 0) is 9.96 Å². The van der Waals surface area contributed by atoms with Gasteiger partial charge in [-0.1, -0.05) is 41.5 Å². The van der Waals surface area contributed by atoms with Crippen LogP contribution in [-0.4, -0.2) is 37.8 Å². The molecule has 1 amide bonds. The maximum absolute atomic E-state index is 14.8. The molecule has 1 unspecified atom stereocenters. The third-order valence-corrected chi connectivity index (χ3v) is 8.41. The van der Waals surface area contributed by atoms with Crippen LogP contribution in [0, 0.1) is 17.0 Å². The van der Waals surface area contributed by atoms with Gasteiger partial charge < -0.3 is 9.53 Å². The van der Waals surface area contributed by atoms with Crippen LogP contribution in [0.1, 0.15) is 53.5 Å². The van der Waals surface area contributed by atoms with Gasteiger partial charge in [-0.3, -0.25) is 4.90 Å². The second-order valence-electron chi connectivity index (χ2n) is 9.38. The van der Waals surface area contributed by atoms with Crippen molar-refractivity contribution in [3.63, 3.8) is 0 Å². The maximum atomic E-state index is 14.8. The molecule has 0 aromatic heterocycles. The fourth-order valence-electron chi connectivity index (χ4n) is 3.80. The van der Waals surface area contributed by atoms with Crippen molar-refractivity contribution in [3.05, 3.63) is 35.4 Å². The van der Waals surface area contributed by atoms with Gasteiger partial charge in [0.05, 0.1) is 11.6 Å². The fraction of sp³-hybridized carbons (Fsp3) is 0.650. The van der Waals surface area contributed by atoms with Crippen molar-refractivity contribution in [3.8, 4) is 0 Å². The number of carbonyl (C=O) groups is 1. The summed E-state index contributed by atoms with van der Waals surface area (Å²) < 4.78 is 35.1. The summed E-state index contributed by atoms with van der Waals surface area (Å²) in [7, 11) is -1.22. The number of rotatable bonds is 3. The van der Waals surface area contributed by atoms with Crippen molar-refractivity contribution in [1.29, 1.82) is 0 Å². The molecule has 7 heteroatoms. The second kappa shape index (κ2) is 7.17. The summed E-state index contributed by atoms with van der Waals surface area (Å²) in [6, 6.07) is 3.24. The topological polar surface area (TPSA) is 49.8 Å². The van der Waals surface area contributed by atoms with Crippen molar-refractivity contribution >= 4 is 15.1 Å². The first kappa shape index (κ1) is 21.8. The van der Waals surface area contributed by atoms with Gasteiger partial charge in [-0.15, -0.1) is 0 Å². The third-order valence-electron chi connectivity index (χ3n) is 5.62. The Labute approximate surface area is 162 Å². The highest BCUT2D eigenvalue weighted by Gasteiger charge is 2.58. The highest BCUT2D eigenvalue weighted by Crippen LogP contribution is 2.53. The van der Waals surface area contributed by atoms with Gasteiger partial charge in [0, 0.05) is 18.5 Å². The predicted molar refractivity (Wildman–Crippen MR) is 103 cm³/mol. The molecule has 1 aromatic rings. The first-order valence-electron chi connectivity index (χ1n) is 9.17. The van der Waals surface area contributed by atoms with Crippen LogP contribution >= 0.6 is 0 Å². The van der Waals surface area contributed by atoms with E-state index in [1.807, 2.05) is 20.8 Å². The molecule has 0 aliphatic carbocycles. The summed E-state index contributed by atoms with van der Waals surface area (Å²) in [5, 5.41) is 9.89. The molecule has 1 aromatic carbocycles. The lowest BCUT2D eigenvalue weighted by molar-refractivity contribution is 0.0244. The summed E-state index contributed by atoms with van der Waals surface area (Å²) in [6.45, 7) is 14.0. The van der Waals surface area contributed by atoms with Crippen molar-refractivity contribution in [2.45, 2.75) is 71.2 Å². The summed E-state index contributed by atoms with van der Waals surface area (Å²) in [6.07, 6.45) is -1.22. The zero-order valence-electron chi connectivity index (χ0n) is 17.2. The van der Waals surface area contributed by atoms with Gasteiger partial charge in [0.15, 0.2) is 0 Å². The smallest absolute Gasteiger partial charge is 0.408 e. The molecule has 2 rings (SSSR count). The Balaban J connectivity index is 2.57. The Bertz CT molecular complexity index is 714. The van der Waals surface area contributed by atoms with Crippen LogP contribution < -0.4 is 0 Å². The SMILES string of the molecule is C[Si](O[C@H]1CN(C(=O)O)C(c2cc(F)ccc2F)(C(C)(C)C)C1)C(C)(C)C. The average Bonchev–Trinajstić information content (AvgIpc) is 2.89. The quantitative estimate of drug-likeness (QED) is 0.694. The van der Waals surface area contributed by atoms with E-state index < -0.39 is 37.7 Å². The van der Waals surface area contributed by atoms with Crippen molar-refractivity contribution in [1.82, 2.24) is 4.90 Å². The van der Waals surface area contributed by atoms with Crippen LogP contribution in [0.25, 0.3) is 0 Å². The molecule has 1 N–H and O–H groups in total. The molecule has 0 bridgehead atoms. The average molecular weight is 399 g/mol. The zero-order valence-corrected chi connectivity index (χ0v) is 18.2. The Morgan fingerprint density at radius 1 is 1.26 bits per heavy atom. The molecule has 151 valence electrons. The van der Waals surface area contributed by atoms with Gasteiger partial charge in [0.25, 0.3) is 0 Å². The van der Waals surface area contributed by atoms with Crippen LogP contribution in [0.4, 0.5) is 13.6 Å². The van der Waals surface area contributed by atoms with E-state index in [1.165, 1.54) is 4.90 Å². The molecule has 0 spiro atoms. The molecule has 1 saturated heterocycles. The van der Waals surface area contributed by atoms with E-state index in [0.29, 0.717) is 6.42 Å². The summed E-state index contributed by atoms with van der Waals surface area (Å²) >= 11 is 0. The van der Waals surface area contributed by atoms with Gasteiger partial charge in [-0.2, -0.15) is 0 Å². The van der Waals surface area contributed by atoms with E-state index in [9.17, 15) is 18.7 Å². The first-order chi connectivity index (χ1) is 12.2. The minimum atomic E-state index is -1.22. The first-order valence-corrected chi connectivity index (χ1v) is 11.1. The molecule has 1 aliphatic heterocycles. The highest BCUT2D eigenvalue weighted by molar-refractivity contribution is 6.53. The number of amides is 1. The minimum Gasteiger partial charge on any atom is -0.465 e. The van der Waals surface area contributed by atoms with E-state index in [4.69, 9.17) is 4.43 Å². The van der Waals surface area contributed by atoms with Crippen molar-refractivity contribution in [2.75, 3.05) is 6.54 Å². The fourth-order valence-corrected chi connectivity index (χ4v) is 4.81. The van der Waals surface area contributed by atoms with Gasteiger partial charge in [0.2, 0.25) is 9.04 Å². The van der Waals surface area contributed by atoms with Gasteiger partial charge in [-0.05, 0) is 35.2 Å². The number of nitrogens with zero attached hydrogens (tertiary/aromatic N) is 1. The molecule has 0 saturated carbocycles. The standard InChI is InChI=1S/C20H30F2NO3Si/c1-18(2,3)20(15-10-13(21)8-9-16(15)22)11-14(12-23(20)17(24)25)26-27(7)19(4,5)6/h8-10,14H,11-12H2,1-7H3,(H,24,25)/t14-,20?/m1/s1. The molecular formula is C20H30F2NO3Si. The van der Waals surface area contributed by atoms with E-state index in [-0.39, 0.29) is 23.3 Å². The maximum Gasteiger partial charge on any atom is 0.408 e. The Kier molecular flexibility index (Phi) is 5.79. The zero-order chi connectivity index (χ0) is 20.8. The normalized spacial score (nSPS) is 23.9. The summed E-state index contributed by atoms with van der Waals surface area (Å²) in [5.41, 5.74) is -1.81. The predicted octanol–water partition coefficient (Wildman–Crippen LogP) is 5.40. The van der Waals surface area contributed by atoms with Crippen LogP contribution in [0.5, 0.6) is 0 Å². The molecule has 1 fully saturated rings. The molecule has 27 heavy (non-hydrogen) atoms.